The van der Waals surface area contributed by atoms with Crippen molar-refractivity contribution in [1.82, 2.24) is 24.7 Å². The maximum Gasteiger partial charge on any atom is 0.152 e. The van der Waals surface area contributed by atoms with Crippen molar-refractivity contribution in [1.29, 1.82) is 0 Å². The zero-order valence-electron chi connectivity index (χ0n) is 11.2. The van der Waals surface area contributed by atoms with Gasteiger partial charge < -0.3 is 9.47 Å². The van der Waals surface area contributed by atoms with E-state index in [1.54, 1.807) is 12.5 Å². The summed E-state index contributed by atoms with van der Waals surface area (Å²) < 4.78 is 1.88. The van der Waals surface area contributed by atoms with Crippen LogP contribution in [0.25, 0.3) is 11.0 Å². The van der Waals surface area contributed by atoms with Gasteiger partial charge in [-0.05, 0) is 18.2 Å². The fourth-order valence-electron chi connectivity index (χ4n) is 1.90. The molecule has 2 aromatic heterocycles. The van der Waals surface area contributed by atoms with Gasteiger partial charge in [-0.2, -0.15) is 0 Å². The van der Waals surface area contributed by atoms with Crippen molar-refractivity contribution in [3.63, 3.8) is 0 Å². The van der Waals surface area contributed by atoms with Crippen LogP contribution >= 0.6 is 11.6 Å². The van der Waals surface area contributed by atoms with Gasteiger partial charge in [0.1, 0.15) is 12.1 Å². The first-order chi connectivity index (χ1) is 9.63. The van der Waals surface area contributed by atoms with E-state index in [2.05, 4.69) is 20.2 Å². The third kappa shape index (κ3) is 2.42. The van der Waals surface area contributed by atoms with Gasteiger partial charge in [-0.15, -0.1) is 10.2 Å². The minimum Gasteiger partial charge on any atom is -0.351 e. The lowest BCUT2D eigenvalue weighted by atomic mass is 10.3. The molecule has 0 amide bonds. The number of aryl methyl sites for hydroxylation is 1. The van der Waals surface area contributed by atoms with Crippen molar-refractivity contribution >= 4 is 28.5 Å². The van der Waals surface area contributed by atoms with E-state index in [1.165, 1.54) is 0 Å². The highest BCUT2D eigenvalue weighted by atomic mass is 35.5. The highest BCUT2D eigenvalue weighted by Crippen LogP contribution is 2.19. The number of nitrogens with zero attached hydrogens (tertiary/aromatic N) is 6. The highest BCUT2D eigenvalue weighted by molar-refractivity contribution is 6.31. The maximum atomic E-state index is 5.98. The van der Waals surface area contributed by atoms with Crippen molar-refractivity contribution in [2.24, 2.45) is 7.05 Å². The molecule has 102 valence electrons. The molecule has 1 aromatic carbocycles. The summed E-state index contributed by atoms with van der Waals surface area (Å²) in [7, 11) is 3.85. The average molecular weight is 289 g/mol. The van der Waals surface area contributed by atoms with Crippen LogP contribution in [0.4, 0.5) is 5.82 Å². The van der Waals surface area contributed by atoms with Crippen molar-refractivity contribution in [3.8, 4) is 0 Å². The van der Waals surface area contributed by atoms with Gasteiger partial charge in [0.2, 0.25) is 0 Å². The molecular weight excluding hydrogens is 276 g/mol. The molecule has 0 N–H and O–H groups in total. The Morgan fingerprint density at radius 1 is 1.30 bits per heavy atom. The fraction of sp³-hybridized carbons (Fsp3) is 0.231. The smallest absolute Gasteiger partial charge is 0.152 e. The van der Waals surface area contributed by atoms with Crippen LogP contribution in [-0.4, -0.2) is 31.8 Å². The van der Waals surface area contributed by atoms with Gasteiger partial charge in [0.25, 0.3) is 0 Å². The molecule has 20 heavy (non-hydrogen) atoms. The predicted octanol–water partition coefficient (Wildman–Crippen LogP) is 2.05. The number of rotatable bonds is 3. The van der Waals surface area contributed by atoms with E-state index in [9.17, 15) is 0 Å². The Kier molecular flexibility index (Phi) is 3.23. The molecule has 0 aliphatic heterocycles. The standard InChI is InChI=1S/C13H13ClN6/c1-19(7-13-18-16-8-20(13)2)12-6-15-10-4-3-9(14)5-11(10)17-12/h3-6,8H,7H2,1-2H3. The second-order valence-corrected chi connectivity index (χ2v) is 5.01. The van der Waals surface area contributed by atoms with Gasteiger partial charge in [0.15, 0.2) is 5.82 Å². The predicted molar refractivity (Wildman–Crippen MR) is 77.7 cm³/mol. The van der Waals surface area contributed by atoms with E-state index in [4.69, 9.17) is 11.6 Å². The number of benzene rings is 1. The zero-order chi connectivity index (χ0) is 14.1. The lowest BCUT2D eigenvalue weighted by molar-refractivity contribution is 0.754. The molecule has 7 heteroatoms. The summed E-state index contributed by atoms with van der Waals surface area (Å²) in [5, 5.41) is 8.58. The van der Waals surface area contributed by atoms with Crippen molar-refractivity contribution in [3.05, 3.63) is 41.6 Å². The van der Waals surface area contributed by atoms with E-state index >= 15 is 0 Å². The summed E-state index contributed by atoms with van der Waals surface area (Å²) in [6, 6.07) is 5.47. The molecule has 6 nitrogen and oxygen atoms in total. The van der Waals surface area contributed by atoms with Crippen molar-refractivity contribution < 1.29 is 0 Å². The van der Waals surface area contributed by atoms with Crippen LogP contribution in [0.1, 0.15) is 5.82 Å². The molecule has 3 aromatic rings. The molecule has 0 saturated carbocycles. The Morgan fingerprint density at radius 3 is 2.90 bits per heavy atom. The first-order valence-corrected chi connectivity index (χ1v) is 6.47. The van der Waals surface area contributed by atoms with Crippen LogP contribution in [0, 0.1) is 0 Å². The highest BCUT2D eigenvalue weighted by Gasteiger charge is 2.09. The Balaban J connectivity index is 1.91. The number of anilines is 1. The van der Waals surface area contributed by atoms with Gasteiger partial charge in [-0.1, -0.05) is 11.6 Å². The van der Waals surface area contributed by atoms with Crippen LogP contribution < -0.4 is 4.90 Å². The summed E-state index contributed by atoms with van der Waals surface area (Å²) in [6.07, 6.45) is 3.42. The quantitative estimate of drug-likeness (QED) is 0.738. The Bertz CT molecular complexity index is 753. The molecule has 0 saturated heterocycles. The molecule has 0 aliphatic rings. The molecule has 0 atom stereocenters. The lowest BCUT2D eigenvalue weighted by Crippen LogP contribution is -2.20. The van der Waals surface area contributed by atoms with Crippen molar-refractivity contribution in [2.75, 3.05) is 11.9 Å². The topological polar surface area (TPSA) is 59.7 Å². The second kappa shape index (κ2) is 5.05. The molecule has 0 unspecified atom stereocenters. The van der Waals surface area contributed by atoms with E-state index in [1.807, 2.05) is 41.8 Å². The van der Waals surface area contributed by atoms with E-state index in [0.717, 1.165) is 22.7 Å². The fourth-order valence-corrected chi connectivity index (χ4v) is 2.07. The van der Waals surface area contributed by atoms with Crippen LogP contribution in [0.3, 0.4) is 0 Å². The normalized spacial score (nSPS) is 10.9. The summed E-state index contributed by atoms with van der Waals surface area (Å²) in [4.78, 5) is 10.9. The van der Waals surface area contributed by atoms with Crippen LogP contribution in [0.15, 0.2) is 30.7 Å². The first kappa shape index (κ1) is 12.8. The SMILES string of the molecule is CN(Cc1nncn1C)c1cnc2ccc(Cl)cc2n1. The summed E-state index contributed by atoms with van der Waals surface area (Å²) >= 11 is 5.98. The van der Waals surface area contributed by atoms with Gasteiger partial charge >= 0.3 is 0 Å². The van der Waals surface area contributed by atoms with Crippen LogP contribution in [-0.2, 0) is 13.6 Å². The Morgan fingerprint density at radius 2 is 2.15 bits per heavy atom. The number of hydrogen-bond acceptors (Lipinski definition) is 5. The number of fused-ring (bicyclic) bond motifs is 1. The minimum atomic E-state index is 0.608. The van der Waals surface area contributed by atoms with Gasteiger partial charge in [-0.3, -0.25) is 4.98 Å². The van der Waals surface area contributed by atoms with E-state index < -0.39 is 0 Å². The summed E-state index contributed by atoms with van der Waals surface area (Å²) in [6.45, 7) is 0.608. The third-order valence-corrected chi connectivity index (χ3v) is 3.30. The average Bonchev–Trinajstić information content (AvgIpc) is 2.83. The Hall–Kier alpha value is -2.21. The zero-order valence-corrected chi connectivity index (χ0v) is 11.9. The number of halogens is 1. The molecule has 3 rings (SSSR count). The van der Waals surface area contributed by atoms with E-state index in [-0.39, 0.29) is 0 Å². The monoisotopic (exact) mass is 288 g/mol. The minimum absolute atomic E-state index is 0.608. The van der Waals surface area contributed by atoms with Gasteiger partial charge in [-0.25, -0.2) is 4.98 Å². The molecule has 0 aliphatic carbocycles. The summed E-state index contributed by atoms with van der Waals surface area (Å²) in [5.74, 6) is 1.63. The van der Waals surface area contributed by atoms with E-state index in [0.29, 0.717) is 11.6 Å². The van der Waals surface area contributed by atoms with Gasteiger partial charge in [0, 0.05) is 19.1 Å². The largest absolute Gasteiger partial charge is 0.351 e. The third-order valence-electron chi connectivity index (χ3n) is 3.07. The Labute approximate surface area is 121 Å². The number of hydrogen-bond donors (Lipinski definition) is 0. The molecule has 0 bridgehead atoms. The van der Waals surface area contributed by atoms with Crippen molar-refractivity contribution in [2.45, 2.75) is 6.54 Å². The van der Waals surface area contributed by atoms with Gasteiger partial charge in [0.05, 0.1) is 23.8 Å². The molecule has 2 heterocycles. The lowest BCUT2D eigenvalue weighted by Gasteiger charge is -2.17. The molecular formula is C13H13ClN6. The summed E-state index contributed by atoms with van der Waals surface area (Å²) in [5.41, 5.74) is 1.60. The number of aromatic nitrogens is 5. The maximum absolute atomic E-state index is 5.98. The molecule has 0 fully saturated rings. The second-order valence-electron chi connectivity index (χ2n) is 4.58. The molecule has 0 radical (unpaired) electrons. The van der Waals surface area contributed by atoms with Crippen LogP contribution in [0.5, 0.6) is 0 Å². The molecule has 0 spiro atoms. The van der Waals surface area contributed by atoms with Crippen LogP contribution in [0.2, 0.25) is 5.02 Å². The first-order valence-electron chi connectivity index (χ1n) is 6.10.